The fourth-order valence-electron chi connectivity index (χ4n) is 3.28. The molecule has 0 spiro atoms. The normalized spacial score (nSPS) is 25.3. The Kier molecular flexibility index (Phi) is 4.55. The van der Waals surface area contributed by atoms with Gasteiger partial charge >= 0.3 is 0 Å². The highest BCUT2D eigenvalue weighted by Gasteiger charge is 2.34. The molecule has 1 fully saturated rings. The Morgan fingerprint density at radius 3 is 3.09 bits per heavy atom. The summed E-state index contributed by atoms with van der Waals surface area (Å²) in [7, 11) is 0. The molecule has 2 aromatic rings. The van der Waals surface area contributed by atoms with Crippen LogP contribution in [0, 0.1) is 5.41 Å². The zero-order valence-electron chi connectivity index (χ0n) is 13.0. The Balaban J connectivity index is 1.62. The van der Waals surface area contributed by atoms with Crippen LogP contribution in [-0.2, 0) is 6.54 Å². The van der Waals surface area contributed by atoms with Crippen molar-refractivity contribution in [3.05, 3.63) is 36.3 Å². The first kappa shape index (κ1) is 15.2. The summed E-state index contributed by atoms with van der Waals surface area (Å²) in [6, 6.07) is 3.95. The maximum absolute atomic E-state index is 10.3. The van der Waals surface area contributed by atoms with Gasteiger partial charge in [-0.15, -0.1) is 0 Å². The van der Waals surface area contributed by atoms with Crippen LogP contribution in [0.25, 0.3) is 11.3 Å². The lowest BCUT2D eigenvalue weighted by Gasteiger charge is -2.38. The number of hydrogen-bond acceptors (Lipinski definition) is 4. The molecule has 0 aromatic carbocycles. The van der Waals surface area contributed by atoms with E-state index >= 15 is 0 Å². The van der Waals surface area contributed by atoms with E-state index in [0.29, 0.717) is 0 Å². The summed E-state index contributed by atoms with van der Waals surface area (Å²) in [5.41, 5.74) is 3.16. The second-order valence-electron chi connectivity index (χ2n) is 6.53. The van der Waals surface area contributed by atoms with Gasteiger partial charge in [0.2, 0.25) is 0 Å². The van der Waals surface area contributed by atoms with E-state index in [-0.39, 0.29) is 11.5 Å². The van der Waals surface area contributed by atoms with E-state index < -0.39 is 0 Å². The average molecular weight is 300 g/mol. The molecule has 5 nitrogen and oxygen atoms in total. The molecule has 3 N–H and O–H groups in total. The van der Waals surface area contributed by atoms with Crippen molar-refractivity contribution in [1.82, 2.24) is 20.5 Å². The van der Waals surface area contributed by atoms with Crippen LogP contribution in [0.2, 0.25) is 0 Å². The summed E-state index contributed by atoms with van der Waals surface area (Å²) in [4.78, 5) is 4.16. The molecule has 0 bridgehead atoms. The van der Waals surface area contributed by atoms with Gasteiger partial charge in [-0.3, -0.25) is 10.1 Å². The van der Waals surface area contributed by atoms with Crippen LogP contribution in [0.15, 0.2) is 30.7 Å². The molecule has 1 aliphatic rings. The van der Waals surface area contributed by atoms with E-state index in [0.717, 1.165) is 49.2 Å². The Labute approximate surface area is 131 Å². The SMILES string of the molecule is CC1(CNCc2cn[nH]c2-c2cccnc2)CCCCC1O. The van der Waals surface area contributed by atoms with Gasteiger partial charge in [-0.25, -0.2) is 0 Å². The first-order valence-corrected chi connectivity index (χ1v) is 8.00. The molecule has 2 heterocycles. The van der Waals surface area contributed by atoms with E-state index in [1.807, 2.05) is 24.5 Å². The molecular weight excluding hydrogens is 276 g/mol. The number of aliphatic hydroxyl groups excluding tert-OH is 1. The molecule has 118 valence electrons. The predicted molar refractivity (Wildman–Crippen MR) is 86.1 cm³/mol. The Morgan fingerprint density at radius 1 is 1.41 bits per heavy atom. The second kappa shape index (κ2) is 6.58. The van der Waals surface area contributed by atoms with Gasteiger partial charge in [0.15, 0.2) is 0 Å². The van der Waals surface area contributed by atoms with E-state index in [1.165, 1.54) is 6.42 Å². The van der Waals surface area contributed by atoms with Crippen molar-refractivity contribution >= 4 is 0 Å². The van der Waals surface area contributed by atoms with Crippen molar-refractivity contribution in [2.45, 2.75) is 45.3 Å². The van der Waals surface area contributed by atoms with Gasteiger partial charge in [0.25, 0.3) is 0 Å². The summed E-state index contributed by atoms with van der Waals surface area (Å²) < 4.78 is 0. The highest BCUT2D eigenvalue weighted by atomic mass is 16.3. The molecule has 1 saturated carbocycles. The van der Waals surface area contributed by atoms with Crippen LogP contribution in [0.5, 0.6) is 0 Å². The number of aliphatic hydroxyl groups is 1. The molecule has 0 radical (unpaired) electrons. The van der Waals surface area contributed by atoms with Crippen molar-refractivity contribution in [3.8, 4) is 11.3 Å². The zero-order valence-corrected chi connectivity index (χ0v) is 13.0. The largest absolute Gasteiger partial charge is 0.393 e. The van der Waals surface area contributed by atoms with Crippen molar-refractivity contribution in [2.75, 3.05) is 6.54 Å². The lowest BCUT2D eigenvalue weighted by atomic mass is 9.73. The number of nitrogens with zero attached hydrogens (tertiary/aromatic N) is 2. The van der Waals surface area contributed by atoms with Crippen molar-refractivity contribution in [1.29, 1.82) is 0 Å². The number of pyridine rings is 1. The third kappa shape index (κ3) is 3.20. The van der Waals surface area contributed by atoms with E-state index in [4.69, 9.17) is 0 Å². The number of aromatic amines is 1. The first-order chi connectivity index (χ1) is 10.7. The molecule has 2 unspecified atom stereocenters. The molecule has 0 amide bonds. The van der Waals surface area contributed by atoms with Crippen LogP contribution in [0.1, 0.15) is 38.2 Å². The molecule has 3 rings (SSSR count). The second-order valence-corrected chi connectivity index (χ2v) is 6.53. The smallest absolute Gasteiger partial charge is 0.0710 e. The Morgan fingerprint density at radius 2 is 2.32 bits per heavy atom. The number of aromatic nitrogens is 3. The highest BCUT2D eigenvalue weighted by Crippen LogP contribution is 2.35. The first-order valence-electron chi connectivity index (χ1n) is 8.00. The van der Waals surface area contributed by atoms with Gasteiger partial charge in [-0.05, 0) is 25.0 Å². The minimum Gasteiger partial charge on any atom is -0.393 e. The number of rotatable bonds is 5. The average Bonchev–Trinajstić information content (AvgIpc) is 3.00. The monoisotopic (exact) mass is 300 g/mol. The van der Waals surface area contributed by atoms with Gasteiger partial charge < -0.3 is 10.4 Å². The molecule has 5 heteroatoms. The maximum atomic E-state index is 10.3. The third-order valence-electron chi connectivity index (χ3n) is 4.79. The summed E-state index contributed by atoms with van der Waals surface area (Å²) in [5.74, 6) is 0. The lowest BCUT2D eigenvalue weighted by molar-refractivity contribution is 0.00116. The number of H-pyrrole nitrogens is 1. The van der Waals surface area contributed by atoms with Crippen molar-refractivity contribution in [2.24, 2.45) is 5.41 Å². The van der Waals surface area contributed by atoms with E-state index in [9.17, 15) is 5.11 Å². The quantitative estimate of drug-likeness (QED) is 0.793. The summed E-state index contributed by atoms with van der Waals surface area (Å²) >= 11 is 0. The fourth-order valence-corrected chi connectivity index (χ4v) is 3.28. The van der Waals surface area contributed by atoms with Crippen molar-refractivity contribution in [3.63, 3.8) is 0 Å². The van der Waals surface area contributed by atoms with Gasteiger partial charge in [-0.1, -0.05) is 19.8 Å². The van der Waals surface area contributed by atoms with Crippen LogP contribution < -0.4 is 5.32 Å². The molecule has 2 atom stereocenters. The molecular formula is C17H24N4O. The maximum Gasteiger partial charge on any atom is 0.0710 e. The van der Waals surface area contributed by atoms with Crippen LogP contribution in [0.4, 0.5) is 0 Å². The zero-order chi connectivity index (χ0) is 15.4. The van der Waals surface area contributed by atoms with Gasteiger partial charge in [-0.2, -0.15) is 5.10 Å². The lowest BCUT2D eigenvalue weighted by Crippen LogP contribution is -2.43. The third-order valence-corrected chi connectivity index (χ3v) is 4.79. The van der Waals surface area contributed by atoms with Crippen LogP contribution >= 0.6 is 0 Å². The number of hydrogen-bond donors (Lipinski definition) is 3. The Hall–Kier alpha value is -1.72. The summed E-state index contributed by atoms with van der Waals surface area (Å²) in [5, 5.41) is 21.0. The van der Waals surface area contributed by atoms with Gasteiger partial charge in [0.1, 0.15) is 0 Å². The molecule has 2 aromatic heterocycles. The van der Waals surface area contributed by atoms with E-state index in [2.05, 4.69) is 27.4 Å². The molecule has 0 aliphatic heterocycles. The van der Waals surface area contributed by atoms with Gasteiger partial charge in [0.05, 0.1) is 18.0 Å². The van der Waals surface area contributed by atoms with Gasteiger partial charge in [0, 0.05) is 42.0 Å². The predicted octanol–water partition coefficient (Wildman–Crippen LogP) is 2.50. The molecule has 0 saturated heterocycles. The minimum absolute atomic E-state index is 0.0174. The number of nitrogens with one attached hydrogen (secondary N) is 2. The van der Waals surface area contributed by atoms with Crippen molar-refractivity contribution < 1.29 is 5.11 Å². The minimum atomic E-state index is -0.198. The van der Waals surface area contributed by atoms with Crippen LogP contribution in [0.3, 0.4) is 0 Å². The Bertz CT molecular complexity index is 598. The highest BCUT2D eigenvalue weighted by molar-refractivity contribution is 5.61. The summed E-state index contributed by atoms with van der Waals surface area (Å²) in [6.07, 6.45) is 9.62. The molecule has 22 heavy (non-hydrogen) atoms. The molecule has 1 aliphatic carbocycles. The standard InChI is InChI=1S/C17H24N4O/c1-17(7-3-2-6-15(17)22)12-19-10-14-11-20-21-16(14)13-5-4-8-18-9-13/h4-5,8-9,11,15,19,22H,2-3,6-7,10,12H2,1H3,(H,20,21). The topological polar surface area (TPSA) is 73.8 Å². The fraction of sp³-hybridized carbons (Fsp3) is 0.529. The van der Waals surface area contributed by atoms with Crippen LogP contribution in [-0.4, -0.2) is 32.9 Å². The van der Waals surface area contributed by atoms with E-state index in [1.54, 1.807) is 6.20 Å². The summed E-state index contributed by atoms with van der Waals surface area (Å²) in [6.45, 7) is 3.75.